The summed E-state index contributed by atoms with van der Waals surface area (Å²) in [6.45, 7) is 1.82. The molecule has 0 fully saturated rings. The van der Waals surface area contributed by atoms with E-state index < -0.39 is 0 Å². The molecule has 0 aliphatic carbocycles. The summed E-state index contributed by atoms with van der Waals surface area (Å²) >= 11 is 3.21. The molecule has 4 heteroatoms. The molecule has 1 atom stereocenters. The molecule has 1 heterocycles. The second-order valence-electron chi connectivity index (χ2n) is 3.61. The van der Waals surface area contributed by atoms with Crippen molar-refractivity contribution in [3.8, 4) is 11.3 Å². The van der Waals surface area contributed by atoms with Gasteiger partial charge in [-0.05, 0) is 37.3 Å². The largest absolute Gasteiger partial charge is 0.459 e. The van der Waals surface area contributed by atoms with Crippen LogP contribution in [0.4, 0.5) is 4.39 Å². The van der Waals surface area contributed by atoms with E-state index in [4.69, 9.17) is 10.2 Å². The molecule has 2 N–H and O–H groups in total. The minimum Gasteiger partial charge on any atom is -0.459 e. The molecule has 0 saturated heterocycles. The molecule has 2 rings (SSSR count). The van der Waals surface area contributed by atoms with Gasteiger partial charge in [0.1, 0.15) is 17.3 Å². The average molecular weight is 284 g/mol. The summed E-state index contributed by atoms with van der Waals surface area (Å²) in [5, 5.41) is 0. The summed E-state index contributed by atoms with van der Waals surface area (Å²) in [5.41, 5.74) is 6.11. The first-order valence-electron chi connectivity index (χ1n) is 4.88. The number of benzene rings is 1. The van der Waals surface area contributed by atoms with Crippen LogP contribution in [-0.4, -0.2) is 0 Å². The Labute approximate surface area is 101 Å². The Morgan fingerprint density at radius 2 is 2.06 bits per heavy atom. The highest BCUT2D eigenvalue weighted by atomic mass is 79.9. The number of hydrogen-bond acceptors (Lipinski definition) is 2. The van der Waals surface area contributed by atoms with E-state index in [1.807, 2.05) is 6.92 Å². The van der Waals surface area contributed by atoms with E-state index in [0.717, 1.165) is 0 Å². The van der Waals surface area contributed by atoms with Crippen LogP contribution >= 0.6 is 15.9 Å². The van der Waals surface area contributed by atoms with Gasteiger partial charge in [-0.3, -0.25) is 0 Å². The lowest BCUT2D eigenvalue weighted by atomic mass is 10.1. The van der Waals surface area contributed by atoms with E-state index in [9.17, 15) is 4.39 Å². The highest BCUT2D eigenvalue weighted by Gasteiger charge is 2.11. The SMILES string of the molecule is CC(N)c1ccc(-c2ccc(Br)cc2F)o1. The lowest BCUT2D eigenvalue weighted by Gasteiger charge is -2.02. The fourth-order valence-corrected chi connectivity index (χ4v) is 1.76. The Kier molecular flexibility index (Phi) is 3.12. The molecule has 1 unspecified atom stereocenters. The maximum Gasteiger partial charge on any atom is 0.137 e. The molecule has 0 bridgehead atoms. The van der Waals surface area contributed by atoms with Gasteiger partial charge in [0.2, 0.25) is 0 Å². The first kappa shape index (κ1) is 11.4. The topological polar surface area (TPSA) is 39.2 Å². The van der Waals surface area contributed by atoms with E-state index in [2.05, 4.69) is 15.9 Å². The van der Waals surface area contributed by atoms with Crippen LogP contribution in [0.25, 0.3) is 11.3 Å². The van der Waals surface area contributed by atoms with Crippen LogP contribution in [0.15, 0.2) is 39.2 Å². The van der Waals surface area contributed by atoms with E-state index in [0.29, 0.717) is 21.6 Å². The van der Waals surface area contributed by atoms with Crippen molar-refractivity contribution in [3.05, 3.63) is 46.4 Å². The summed E-state index contributed by atoms with van der Waals surface area (Å²) in [7, 11) is 0. The van der Waals surface area contributed by atoms with Gasteiger partial charge in [-0.2, -0.15) is 0 Å². The Balaban J connectivity index is 2.42. The van der Waals surface area contributed by atoms with Crippen LogP contribution < -0.4 is 5.73 Å². The first-order chi connectivity index (χ1) is 7.58. The summed E-state index contributed by atoms with van der Waals surface area (Å²) in [5.74, 6) is 0.828. The maximum atomic E-state index is 13.6. The van der Waals surface area contributed by atoms with Gasteiger partial charge in [-0.25, -0.2) is 4.39 Å². The number of furan rings is 1. The second kappa shape index (κ2) is 4.39. The van der Waals surface area contributed by atoms with Gasteiger partial charge in [-0.1, -0.05) is 15.9 Å². The molecule has 1 aromatic carbocycles. The molecule has 1 aromatic heterocycles. The van der Waals surface area contributed by atoms with Crippen molar-refractivity contribution in [3.63, 3.8) is 0 Å². The van der Waals surface area contributed by atoms with Gasteiger partial charge < -0.3 is 10.2 Å². The molecule has 16 heavy (non-hydrogen) atoms. The molecular formula is C12H11BrFNO. The molecule has 2 aromatic rings. The molecule has 0 aliphatic heterocycles. The van der Waals surface area contributed by atoms with Gasteiger partial charge in [0.25, 0.3) is 0 Å². The molecule has 2 nitrogen and oxygen atoms in total. The summed E-state index contributed by atoms with van der Waals surface area (Å²) in [6, 6.07) is 8.15. The van der Waals surface area contributed by atoms with Crippen LogP contribution in [0.5, 0.6) is 0 Å². The third-order valence-corrected chi connectivity index (χ3v) is 2.77. The zero-order chi connectivity index (χ0) is 11.7. The molecule has 84 valence electrons. The lowest BCUT2D eigenvalue weighted by molar-refractivity contribution is 0.487. The predicted molar refractivity (Wildman–Crippen MR) is 64.4 cm³/mol. The summed E-state index contributed by atoms with van der Waals surface area (Å²) in [4.78, 5) is 0. The van der Waals surface area contributed by atoms with Crippen LogP contribution in [-0.2, 0) is 0 Å². The van der Waals surface area contributed by atoms with Crippen LogP contribution in [0.2, 0.25) is 0 Å². The fourth-order valence-electron chi connectivity index (χ4n) is 1.43. The normalized spacial score (nSPS) is 12.8. The van der Waals surface area contributed by atoms with Crippen LogP contribution in [0.1, 0.15) is 18.7 Å². The van der Waals surface area contributed by atoms with Gasteiger partial charge >= 0.3 is 0 Å². The third-order valence-electron chi connectivity index (χ3n) is 2.27. The van der Waals surface area contributed by atoms with Crippen LogP contribution in [0.3, 0.4) is 0 Å². The number of nitrogens with two attached hydrogens (primary N) is 1. The van der Waals surface area contributed by atoms with Crippen molar-refractivity contribution < 1.29 is 8.81 Å². The van der Waals surface area contributed by atoms with Crippen molar-refractivity contribution in [2.24, 2.45) is 5.73 Å². The fraction of sp³-hybridized carbons (Fsp3) is 0.167. The van der Waals surface area contributed by atoms with Gasteiger partial charge in [-0.15, -0.1) is 0 Å². The number of hydrogen-bond donors (Lipinski definition) is 1. The average Bonchev–Trinajstić information content (AvgIpc) is 2.66. The highest BCUT2D eigenvalue weighted by Crippen LogP contribution is 2.28. The molecule has 0 amide bonds. The monoisotopic (exact) mass is 283 g/mol. The molecule has 0 radical (unpaired) electrons. The van der Waals surface area contributed by atoms with E-state index in [1.165, 1.54) is 6.07 Å². The smallest absolute Gasteiger partial charge is 0.137 e. The predicted octanol–water partition coefficient (Wildman–Crippen LogP) is 3.87. The van der Waals surface area contributed by atoms with E-state index >= 15 is 0 Å². The van der Waals surface area contributed by atoms with E-state index in [-0.39, 0.29) is 11.9 Å². The first-order valence-corrected chi connectivity index (χ1v) is 5.68. The van der Waals surface area contributed by atoms with Crippen molar-refractivity contribution in [1.29, 1.82) is 0 Å². The zero-order valence-corrected chi connectivity index (χ0v) is 10.3. The van der Waals surface area contributed by atoms with Crippen molar-refractivity contribution in [2.45, 2.75) is 13.0 Å². The molecule has 0 saturated carbocycles. The van der Waals surface area contributed by atoms with Crippen molar-refractivity contribution in [1.82, 2.24) is 0 Å². The maximum absolute atomic E-state index is 13.6. The highest BCUT2D eigenvalue weighted by molar-refractivity contribution is 9.10. The standard InChI is InChI=1S/C12H11BrFNO/c1-7(15)11-4-5-12(16-11)9-3-2-8(13)6-10(9)14/h2-7H,15H2,1H3. The van der Waals surface area contributed by atoms with Gasteiger partial charge in [0, 0.05) is 4.47 Å². The molecule has 0 spiro atoms. The summed E-state index contributed by atoms with van der Waals surface area (Å²) in [6.07, 6.45) is 0. The Bertz CT molecular complexity index is 507. The van der Waals surface area contributed by atoms with Crippen molar-refractivity contribution >= 4 is 15.9 Å². The minimum atomic E-state index is -0.319. The van der Waals surface area contributed by atoms with Gasteiger partial charge in [0.15, 0.2) is 0 Å². The molecule has 0 aliphatic rings. The Morgan fingerprint density at radius 1 is 1.31 bits per heavy atom. The Hall–Kier alpha value is -1.13. The third kappa shape index (κ3) is 2.18. The number of halogens is 2. The summed E-state index contributed by atoms with van der Waals surface area (Å²) < 4.78 is 19.8. The lowest BCUT2D eigenvalue weighted by Crippen LogP contribution is -2.02. The minimum absolute atomic E-state index is 0.188. The van der Waals surface area contributed by atoms with Crippen molar-refractivity contribution in [2.75, 3.05) is 0 Å². The van der Waals surface area contributed by atoms with E-state index in [1.54, 1.807) is 24.3 Å². The second-order valence-corrected chi connectivity index (χ2v) is 4.53. The zero-order valence-electron chi connectivity index (χ0n) is 8.71. The quantitative estimate of drug-likeness (QED) is 0.909. The van der Waals surface area contributed by atoms with Gasteiger partial charge in [0.05, 0.1) is 11.6 Å². The number of rotatable bonds is 2. The van der Waals surface area contributed by atoms with Crippen LogP contribution in [0, 0.1) is 5.82 Å². The Morgan fingerprint density at radius 3 is 2.62 bits per heavy atom. The molecular weight excluding hydrogens is 273 g/mol.